The Morgan fingerprint density at radius 3 is 2.76 bits per heavy atom. The van der Waals surface area contributed by atoms with Gasteiger partial charge in [0.15, 0.2) is 5.82 Å². The van der Waals surface area contributed by atoms with Gasteiger partial charge >= 0.3 is 0 Å². The van der Waals surface area contributed by atoms with Crippen LogP contribution >= 0.6 is 11.6 Å². The maximum atomic E-state index is 12.1. The van der Waals surface area contributed by atoms with E-state index in [1.54, 1.807) is 0 Å². The van der Waals surface area contributed by atoms with Crippen LogP contribution in [-0.2, 0) is 17.8 Å². The summed E-state index contributed by atoms with van der Waals surface area (Å²) in [4.78, 5) is 18.9. The number of rotatable bonds is 7. The summed E-state index contributed by atoms with van der Waals surface area (Å²) in [5.74, 6) is 1.26. The molecule has 0 bridgehead atoms. The molecule has 29 heavy (non-hydrogen) atoms. The van der Waals surface area contributed by atoms with Crippen LogP contribution in [0.5, 0.6) is 0 Å². The Hall–Kier alpha value is -2.18. The molecule has 1 aromatic heterocycles. The Balaban J connectivity index is 1.25. The van der Waals surface area contributed by atoms with Crippen LogP contribution in [0.3, 0.4) is 0 Å². The number of aryl methyl sites for hydroxylation is 1. The quantitative estimate of drug-likeness (QED) is 0.741. The van der Waals surface area contributed by atoms with Crippen molar-refractivity contribution in [2.24, 2.45) is 0 Å². The van der Waals surface area contributed by atoms with Crippen LogP contribution in [0.15, 0.2) is 34.9 Å². The number of halogens is 1. The molecule has 0 saturated heterocycles. The number of nitrogens with one attached hydrogen (secondary N) is 1. The van der Waals surface area contributed by atoms with Gasteiger partial charge in [0, 0.05) is 43.5 Å². The van der Waals surface area contributed by atoms with Crippen molar-refractivity contribution >= 4 is 23.1 Å². The van der Waals surface area contributed by atoms with Crippen molar-refractivity contribution < 1.29 is 9.32 Å². The van der Waals surface area contributed by atoms with E-state index < -0.39 is 0 Å². The predicted octanol–water partition coefficient (Wildman–Crippen LogP) is 4.00. The Bertz CT molecular complexity index is 856. The second-order valence-electron chi connectivity index (χ2n) is 7.90. The second-order valence-corrected chi connectivity index (χ2v) is 8.34. The molecular formula is C22H27ClN4O2. The molecule has 1 N–H and O–H groups in total. The zero-order chi connectivity index (χ0) is 20.1. The summed E-state index contributed by atoms with van der Waals surface area (Å²) in [6.45, 7) is 2.70. The zero-order valence-corrected chi connectivity index (χ0v) is 17.3. The maximum Gasteiger partial charge on any atom is 0.227 e. The normalized spacial score (nSPS) is 18.0. The number of amides is 1. The molecule has 154 valence electrons. The number of carbonyl (C=O) groups is 1. The minimum Gasteiger partial charge on any atom is -0.353 e. The van der Waals surface area contributed by atoms with Crippen LogP contribution in [0.4, 0.5) is 0 Å². The molecule has 1 aromatic carbocycles. The Morgan fingerprint density at radius 1 is 1.24 bits per heavy atom. The molecule has 2 heterocycles. The molecule has 1 saturated carbocycles. The van der Waals surface area contributed by atoms with Crippen molar-refractivity contribution in [1.29, 1.82) is 0 Å². The first kappa shape index (κ1) is 20.1. The van der Waals surface area contributed by atoms with E-state index in [9.17, 15) is 4.79 Å². The minimum atomic E-state index is 0.0753. The van der Waals surface area contributed by atoms with Crippen LogP contribution in [-0.4, -0.2) is 40.1 Å². The van der Waals surface area contributed by atoms with Gasteiger partial charge in [-0.1, -0.05) is 47.8 Å². The van der Waals surface area contributed by atoms with Gasteiger partial charge in [-0.3, -0.25) is 9.69 Å². The second kappa shape index (κ2) is 9.55. The largest absolute Gasteiger partial charge is 0.353 e. The van der Waals surface area contributed by atoms with Crippen molar-refractivity contribution in [3.05, 3.63) is 52.6 Å². The molecule has 1 amide bonds. The molecular weight excluding hydrogens is 388 g/mol. The SMILES string of the molecule is O=C(CCc1nc(C2=CCN(Cc3ccc(Cl)cc3)CC2)no1)NC1CCCC1. The lowest BCUT2D eigenvalue weighted by Crippen LogP contribution is -2.32. The third kappa shape index (κ3) is 5.67. The highest BCUT2D eigenvalue weighted by molar-refractivity contribution is 6.30. The molecule has 0 radical (unpaired) electrons. The number of aromatic nitrogens is 2. The van der Waals surface area contributed by atoms with E-state index in [1.807, 2.05) is 12.1 Å². The third-order valence-corrected chi connectivity index (χ3v) is 5.91. The molecule has 1 aliphatic heterocycles. The third-order valence-electron chi connectivity index (χ3n) is 5.65. The van der Waals surface area contributed by atoms with Crippen LogP contribution in [0, 0.1) is 0 Å². The fraction of sp³-hybridized carbons (Fsp3) is 0.500. The average Bonchev–Trinajstić information content (AvgIpc) is 3.41. The smallest absolute Gasteiger partial charge is 0.227 e. The minimum absolute atomic E-state index is 0.0753. The first-order chi connectivity index (χ1) is 14.2. The van der Waals surface area contributed by atoms with Gasteiger partial charge in [-0.2, -0.15) is 4.98 Å². The molecule has 7 heteroatoms. The summed E-state index contributed by atoms with van der Waals surface area (Å²) in [7, 11) is 0. The highest BCUT2D eigenvalue weighted by Gasteiger charge is 2.19. The van der Waals surface area contributed by atoms with Crippen LogP contribution in [0.1, 0.15) is 55.8 Å². The molecule has 0 atom stereocenters. The maximum absolute atomic E-state index is 12.1. The molecule has 4 rings (SSSR count). The summed E-state index contributed by atoms with van der Waals surface area (Å²) in [5, 5.41) is 7.98. The molecule has 1 fully saturated rings. The number of carbonyl (C=O) groups excluding carboxylic acids is 1. The van der Waals surface area contributed by atoms with Gasteiger partial charge in [0.05, 0.1) is 0 Å². The number of nitrogens with zero attached hydrogens (tertiary/aromatic N) is 3. The first-order valence-corrected chi connectivity index (χ1v) is 10.8. The van der Waals surface area contributed by atoms with Gasteiger partial charge in [-0.25, -0.2) is 0 Å². The Morgan fingerprint density at radius 2 is 2.03 bits per heavy atom. The van der Waals surface area contributed by atoms with Crippen molar-refractivity contribution in [1.82, 2.24) is 20.4 Å². The lowest BCUT2D eigenvalue weighted by Gasteiger charge is -2.25. The van der Waals surface area contributed by atoms with Crippen molar-refractivity contribution in [2.75, 3.05) is 13.1 Å². The molecule has 0 spiro atoms. The van der Waals surface area contributed by atoms with E-state index in [0.29, 0.717) is 30.6 Å². The van der Waals surface area contributed by atoms with E-state index in [2.05, 4.69) is 38.6 Å². The first-order valence-electron chi connectivity index (χ1n) is 10.4. The van der Waals surface area contributed by atoms with Gasteiger partial charge in [0.2, 0.25) is 11.8 Å². The number of benzene rings is 1. The van der Waals surface area contributed by atoms with E-state index in [4.69, 9.17) is 16.1 Å². The van der Waals surface area contributed by atoms with E-state index >= 15 is 0 Å². The molecule has 2 aliphatic rings. The van der Waals surface area contributed by atoms with Gasteiger partial charge in [-0.05, 0) is 42.5 Å². The fourth-order valence-corrected chi connectivity index (χ4v) is 4.11. The van der Waals surface area contributed by atoms with E-state index in [1.165, 1.54) is 18.4 Å². The highest BCUT2D eigenvalue weighted by atomic mass is 35.5. The summed E-state index contributed by atoms with van der Waals surface area (Å²) in [6, 6.07) is 8.34. The van der Waals surface area contributed by atoms with Crippen molar-refractivity contribution in [3.63, 3.8) is 0 Å². The molecule has 6 nitrogen and oxygen atoms in total. The Labute approximate surface area is 176 Å². The zero-order valence-electron chi connectivity index (χ0n) is 16.6. The summed E-state index contributed by atoms with van der Waals surface area (Å²) < 4.78 is 5.36. The van der Waals surface area contributed by atoms with Gasteiger partial charge in [-0.15, -0.1) is 0 Å². The molecule has 1 aliphatic carbocycles. The topological polar surface area (TPSA) is 71.3 Å². The standard InChI is InChI=1S/C22H27ClN4O2/c23-18-7-5-16(6-8-18)15-27-13-11-17(12-14-27)22-25-21(29-26-22)10-9-20(28)24-19-3-1-2-4-19/h5-8,11,19H,1-4,9-10,12-15H2,(H,24,28). The van der Waals surface area contributed by atoms with E-state index in [0.717, 1.165) is 49.5 Å². The fourth-order valence-electron chi connectivity index (χ4n) is 3.98. The predicted molar refractivity (Wildman–Crippen MR) is 112 cm³/mol. The van der Waals surface area contributed by atoms with Gasteiger partial charge in [0.1, 0.15) is 0 Å². The van der Waals surface area contributed by atoms with Crippen LogP contribution < -0.4 is 5.32 Å². The van der Waals surface area contributed by atoms with Crippen molar-refractivity contribution in [3.8, 4) is 0 Å². The monoisotopic (exact) mass is 414 g/mol. The number of hydrogen-bond donors (Lipinski definition) is 1. The molecule has 2 aromatic rings. The summed E-state index contributed by atoms with van der Waals surface area (Å²) in [5.41, 5.74) is 2.37. The van der Waals surface area contributed by atoms with Gasteiger partial charge < -0.3 is 9.84 Å². The summed E-state index contributed by atoms with van der Waals surface area (Å²) in [6.07, 6.45) is 8.55. The highest BCUT2D eigenvalue weighted by Crippen LogP contribution is 2.22. The number of hydrogen-bond acceptors (Lipinski definition) is 5. The van der Waals surface area contributed by atoms with E-state index in [-0.39, 0.29) is 5.91 Å². The summed E-state index contributed by atoms with van der Waals surface area (Å²) >= 11 is 5.95. The van der Waals surface area contributed by atoms with Crippen LogP contribution in [0.2, 0.25) is 5.02 Å². The Kier molecular flexibility index (Phi) is 6.62. The van der Waals surface area contributed by atoms with Crippen LogP contribution in [0.25, 0.3) is 5.57 Å². The van der Waals surface area contributed by atoms with Crippen molar-refractivity contribution in [2.45, 2.75) is 57.5 Å². The lowest BCUT2D eigenvalue weighted by atomic mass is 10.1. The lowest BCUT2D eigenvalue weighted by molar-refractivity contribution is -0.121. The van der Waals surface area contributed by atoms with Gasteiger partial charge in [0.25, 0.3) is 0 Å². The average molecular weight is 415 g/mol. The molecule has 0 unspecified atom stereocenters.